The maximum absolute atomic E-state index is 12.4. The van der Waals surface area contributed by atoms with Gasteiger partial charge >= 0.3 is 5.82 Å². The van der Waals surface area contributed by atoms with Crippen LogP contribution in [0.25, 0.3) is 0 Å². The molecule has 1 aromatic heterocycles. The van der Waals surface area contributed by atoms with Crippen molar-refractivity contribution in [2.24, 2.45) is 0 Å². The number of aromatic nitrogens is 2. The average molecular weight is 344 g/mol. The Morgan fingerprint density at radius 3 is 2.96 bits per heavy atom. The number of nitrogens with one attached hydrogen (secondary N) is 2. The number of amides is 1. The highest BCUT2D eigenvalue weighted by Crippen LogP contribution is 2.25. The van der Waals surface area contributed by atoms with Gasteiger partial charge < -0.3 is 20.2 Å². The lowest BCUT2D eigenvalue weighted by Crippen LogP contribution is -2.47. The normalized spacial score (nSPS) is 20.0. The smallest absolute Gasteiger partial charge is 0.355 e. The summed E-state index contributed by atoms with van der Waals surface area (Å²) in [5, 5.41) is 19.7. The molecule has 0 spiro atoms. The third-order valence-electron chi connectivity index (χ3n) is 4.34. The number of aryl methyl sites for hydroxylation is 1. The molecule has 1 aliphatic carbocycles. The molecule has 0 unspecified atom stereocenters. The Morgan fingerprint density at radius 1 is 1.40 bits per heavy atom. The second-order valence-corrected chi connectivity index (χ2v) is 6.23. The van der Waals surface area contributed by atoms with E-state index >= 15 is 0 Å². The molecular formula is C17H20N4O4. The van der Waals surface area contributed by atoms with Gasteiger partial charge in [-0.1, -0.05) is 23.7 Å². The summed E-state index contributed by atoms with van der Waals surface area (Å²) in [6.07, 6.45) is 4.61. The Hall–Kier alpha value is -2.90. The maximum Gasteiger partial charge on any atom is 0.355 e. The summed E-state index contributed by atoms with van der Waals surface area (Å²) in [4.78, 5) is 22.7. The van der Waals surface area contributed by atoms with Crippen LogP contribution in [0.15, 0.2) is 30.5 Å². The summed E-state index contributed by atoms with van der Waals surface area (Å²) in [6, 6.07) is 7.56. The first-order valence-electron chi connectivity index (χ1n) is 8.26. The Bertz CT molecular complexity index is 774. The SMILES string of the molecule is Cc1cccc(O[C@@H]2CCCC[C@@H]2NC(=O)c2cn[nH]c2[N+](=O)[O-])c1. The number of H-pyrrole nitrogens is 1. The van der Waals surface area contributed by atoms with Gasteiger partial charge in [0.25, 0.3) is 5.91 Å². The van der Waals surface area contributed by atoms with Crippen LogP contribution >= 0.6 is 0 Å². The minimum absolute atomic E-state index is 0.0649. The van der Waals surface area contributed by atoms with Crippen molar-refractivity contribution in [3.63, 3.8) is 0 Å². The topological polar surface area (TPSA) is 110 Å². The fraction of sp³-hybridized carbons (Fsp3) is 0.412. The summed E-state index contributed by atoms with van der Waals surface area (Å²) in [5.74, 6) is -0.143. The molecule has 132 valence electrons. The molecule has 1 aliphatic rings. The molecule has 0 saturated heterocycles. The number of aromatic amines is 1. The predicted molar refractivity (Wildman–Crippen MR) is 90.6 cm³/mol. The van der Waals surface area contributed by atoms with Crippen molar-refractivity contribution >= 4 is 11.7 Å². The van der Waals surface area contributed by atoms with Gasteiger partial charge in [-0.25, -0.2) is 0 Å². The summed E-state index contributed by atoms with van der Waals surface area (Å²) < 4.78 is 6.07. The van der Waals surface area contributed by atoms with Crippen LogP contribution in [0.4, 0.5) is 5.82 Å². The molecule has 25 heavy (non-hydrogen) atoms. The molecule has 0 aliphatic heterocycles. The van der Waals surface area contributed by atoms with Crippen LogP contribution in [-0.2, 0) is 0 Å². The molecule has 3 rings (SSSR count). The highest BCUT2D eigenvalue weighted by atomic mass is 16.6. The second-order valence-electron chi connectivity index (χ2n) is 6.23. The number of nitro groups is 1. The molecule has 1 saturated carbocycles. The molecule has 2 atom stereocenters. The van der Waals surface area contributed by atoms with Gasteiger partial charge in [0.15, 0.2) is 5.56 Å². The Kier molecular flexibility index (Phi) is 4.97. The fourth-order valence-electron chi connectivity index (χ4n) is 3.10. The van der Waals surface area contributed by atoms with E-state index in [0.29, 0.717) is 0 Å². The van der Waals surface area contributed by atoms with E-state index in [1.54, 1.807) is 0 Å². The first-order valence-corrected chi connectivity index (χ1v) is 8.26. The molecule has 8 nitrogen and oxygen atoms in total. The summed E-state index contributed by atoms with van der Waals surface area (Å²) in [5.41, 5.74) is 1.03. The molecule has 0 radical (unpaired) electrons. The van der Waals surface area contributed by atoms with Gasteiger partial charge in [0.1, 0.15) is 11.9 Å². The second kappa shape index (κ2) is 7.33. The lowest BCUT2D eigenvalue weighted by Gasteiger charge is -2.32. The van der Waals surface area contributed by atoms with E-state index in [9.17, 15) is 14.9 Å². The van der Waals surface area contributed by atoms with Crippen molar-refractivity contribution in [3.05, 3.63) is 51.7 Å². The number of carbonyl (C=O) groups is 1. The molecule has 1 aromatic carbocycles. The third-order valence-corrected chi connectivity index (χ3v) is 4.34. The quantitative estimate of drug-likeness (QED) is 0.640. The van der Waals surface area contributed by atoms with Crippen LogP contribution in [-0.4, -0.2) is 33.2 Å². The standard InChI is InChI=1S/C17H20N4O4/c1-11-5-4-6-12(9-11)25-15-8-3-2-7-14(15)19-17(22)13-10-18-20-16(13)21(23)24/h4-6,9-10,14-15H,2-3,7-8H2,1H3,(H,18,20)(H,19,22)/t14-,15+/m0/s1. The zero-order valence-electron chi connectivity index (χ0n) is 13.9. The van der Waals surface area contributed by atoms with Crippen LogP contribution in [0.2, 0.25) is 0 Å². The first-order chi connectivity index (χ1) is 12.0. The van der Waals surface area contributed by atoms with E-state index in [2.05, 4.69) is 15.5 Å². The van der Waals surface area contributed by atoms with Crippen molar-refractivity contribution in [1.82, 2.24) is 15.5 Å². The number of ether oxygens (including phenoxy) is 1. The fourth-order valence-corrected chi connectivity index (χ4v) is 3.10. The van der Waals surface area contributed by atoms with Crippen LogP contribution in [0, 0.1) is 17.0 Å². The molecule has 1 heterocycles. The van der Waals surface area contributed by atoms with Crippen molar-refractivity contribution in [1.29, 1.82) is 0 Å². The van der Waals surface area contributed by atoms with Crippen molar-refractivity contribution in [2.45, 2.75) is 44.8 Å². The van der Waals surface area contributed by atoms with E-state index in [4.69, 9.17) is 4.74 Å². The summed E-state index contributed by atoms with van der Waals surface area (Å²) in [7, 11) is 0. The number of carbonyl (C=O) groups excluding carboxylic acids is 1. The van der Waals surface area contributed by atoms with Gasteiger partial charge in [-0.05, 0) is 48.8 Å². The molecule has 0 bridgehead atoms. The third kappa shape index (κ3) is 3.96. The largest absolute Gasteiger partial charge is 0.488 e. The van der Waals surface area contributed by atoms with Crippen molar-refractivity contribution in [3.8, 4) is 5.75 Å². The van der Waals surface area contributed by atoms with Gasteiger partial charge in [0.05, 0.1) is 12.2 Å². The van der Waals surface area contributed by atoms with Gasteiger partial charge in [-0.3, -0.25) is 4.79 Å². The zero-order chi connectivity index (χ0) is 17.8. The molecule has 2 aromatic rings. The molecule has 1 fully saturated rings. The minimum atomic E-state index is -0.649. The van der Waals surface area contributed by atoms with E-state index in [0.717, 1.165) is 37.0 Å². The van der Waals surface area contributed by atoms with Crippen LogP contribution in [0.5, 0.6) is 5.75 Å². The van der Waals surface area contributed by atoms with E-state index in [1.165, 1.54) is 6.20 Å². The highest BCUT2D eigenvalue weighted by molar-refractivity contribution is 5.97. The lowest BCUT2D eigenvalue weighted by atomic mass is 9.92. The molecular weight excluding hydrogens is 324 g/mol. The summed E-state index contributed by atoms with van der Waals surface area (Å²) in [6.45, 7) is 1.99. The summed E-state index contributed by atoms with van der Waals surface area (Å²) >= 11 is 0. The number of hydrogen-bond acceptors (Lipinski definition) is 5. The number of nitrogens with zero attached hydrogens (tertiary/aromatic N) is 2. The lowest BCUT2D eigenvalue weighted by molar-refractivity contribution is -0.389. The van der Waals surface area contributed by atoms with E-state index in [1.807, 2.05) is 31.2 Å². The van der Waals surface area contributed by atoms with Gasteiger partial charge in [0, 0.05) is 0 Å². The van der Waals surface area contributed by atoms with Crippen LogP contribution in [0.1, 0.15) is 41.6 Å². The van der Waals surface area contributed by atoms with Gasteiger partial charge in [0.2, 0.25) is 0 Å². The van der Waals surface area contributed by atoms with E-state index < -0.39 is 16.6 Å². The monoisotopic (exact) mass is 344 g/mol. The van der Waals surface area contributed by atoms with Crippen LogP contribution < -0.4 is 10.1 Å². The van der Waals surface area contributed by atoms with Crippen molar-refractivity contribution < 1.29 is 14.5 Å². The Balaban J connectivity index is 1.71. The van der Waals surface area contributed by atoms with Gasteiger partial charge in [-0.15, -0.1) is 5.10 Å². The number of benzene rings is 1. The molecule has 2 N–H and O–H groups in total. The zero-order valence-corrected chi connectivity index (χ0v) is 13.9. The Morgan fingerprint density at radius 2 is 2.20 bits per heavy atom. The van der Waals surface area contributed by atoms with Gasteiger partial charge in [-0.2, -0.15) is 0 Å². The average Bonchev–Trinajstić information content (AvgIpc) is 3.07. The minimum Gasteiger partial charge on any atom is -0.488 e. The predicted octanol–water partition coefficient (Wildman–Crippen LogP) is 2.75. The first kappa shape index (κ1) is 16.9. The van der Waals surface area contributed by atoms with E-state index in [-0.39, 0.29) is 17.7 Å². The molecule has 1 amide bonds. The maximum atomic E-state index is 12.4. The number of hydrogen-bond donors (Lipinski definition) is 2. The van der Waals surface area contributed by atoms with Crippen molar-refractivity contribution in [2.75, 3.05) is 0 Å². The van der Waals surface area contributed by atoms with Crippen LogP contribution in [0.3, 0.4) is 0 Å². The Labute approximate surface area is 144 Å². The number of rotatable bonds is 5. The molecule has 8 heteroatoms. The highest BCUT2D eigenvalue weighted by Gasteiger charge is 2.31.